The summed E-state index contributed by atoms with van der Waals surface area (Å²) in [7, 11) is -1.95. The predicted molar refractivity (Wildman–Crippen MR) is 117 cm³/mol. The molecule has 0 bridgehead atoms. The maximum absolute atomic E-state index is 12.7. The lowest BCUT2D eigenvalue weighted by molar-refractivity contribution is -0.132. The Morgan fingerprint density at radius 1 is 1.19 bits per heavy atom. The van der Waals surface area contributed by atoms with Gasteiger partial charge in [-0.05, 0) is 38.8 Å². The van der Waals surface area contributed by atoms with Crippen LogP contribution in [0, 0.1) is 13.8 Å². The first-order valence-corrected chi connectivity index (χ1v) is 12.0. The van der Waals surface area contributed by atoms with Gasteiger partial charge in [-0.1, -0.05) is 17.7 Å². The molecule has 0 radical (unpaired) electrons. The zero-order valence-electron chi connectivity index (χ0n) is 18.1. The number of nitrogens with zero attached hydrogens (tertiary/aromatic N) is 3. The highest BCUT2D eigenvalue weighted by molar-refractivity contribution is 7.91. The third-order valence-corrected chi connectivity index (χ3v) is 7.31. The van der Waals surface area contributed by atoms with Gasteiger partial charge in [0, 0.05) is 38.7 Å². The summed E-state index contributed by atoms with van der Waals surface area (Å²) in [4.78, 5) is 35.3. The van der Waals surface area contributed by atoms with Gasteiger partial charge < -0.3 is 10.2 Å². The number of likely N-dealkylation sites (tertiary alicyclic amines) is 1. The van der Waals surface area contributed by atoms with Crippen molar-refractivity contribution in [3.8, 4) is 0 Å². The second-order valence-electron chi connectivity index (χ2n) is 7.87. The fraction of sp³-hybridized carbons (Fsp3) is 0.455. The number of piperidine rings is 1. The molecule has 1 saturated heterocycles. The molecule has 9 heteroatoms. The molecule has 8 nitrogen and oxygen atoms in total. The number of benzene rings is 1. The van der Waals surface area contributed by atoms with Gasteiger partial charge in [-0.2, -0.15) is 0 Å². The van der Waals surface area contributed by atoms with Crippen molar-refractivity contribution >= 4 is 21.7 Å². The first-order chi connectivity index (χ1) is 14.7. The number of nitrogens with one attached hydrogen (secondary N) is 1. The summed E-state index contributed by atoms with van der Waals surface area (Å²) in [5.74, 6) is -0.0656. The molecule has 1 fully saturated rings. The number of hydrogen-bond donors (Lipinski definition) is 1. The topological polar surface area (TPSA) is 109 Å². The normalized spacial score (nSPS) is 16.7. The van der Waals surface area contributed by atoms with Gasteiger partial charge >= 0.3 is 0 Å². The summed E-state index contributed by atoms with van der Waals surface area (Å²) in [6.45, 7) is 4.69. The Kier molecular flexibility index (Phi) is 7.04. The van der Waals surface area contributed by atoms with Crippen molar-refractivity contribution in [3.63, 3.8) is 0 Å². The molecular formula is C22H28N4O4S. The molecule has 0 aliphatic carbocycles. The van der Waals surface area contributed by atoms with Crippen LogP contribution in [0.4, 0.5) is 0 Å². The SMILES string of the molecule is CNC(=O)c1cnc(C2CCCN(C(=O)CCS(=O)(=O)c3ccc(C)cc3)C2)nc1C. The van der Waals surface area contributed by atoms with Gasteiger partial charge in [0.2, 0.25) is 5.91 Å². The largest absolute Gasteiger partial charge is 0.355 e. The average molecular weight is 445 g/mol. The van der Waals surface area contributed by atoms with Gasteiger partial charge in [-0.25, -0.2) is 18.4 Å². The molecule has 1 unspecified atom stereocenters. The van der Waals surface area contributed by atoms with E-state index < -0.39 is 9.84 Å². The minimum absolute atomic E-state index is 0.0381. The highest BCUT2D eigenvalue weighted by Crippen LogP contribution is 2.25. The van der Waals surface area contributed by atoms with Crippen LogP contribution in [0.2, 0.25) is 0 Å². The van der Waals surface area contributed by atoms with E-state index in [9.17, 15) is 18.0 Å². The maximum atomic E-state index is 12.7. The summed E-state index contributed by atoms with van der Waals surface area (Å²) in [5, 5.41) is 2.56. The van der Waals surface area contributed by atoms with E-state index in [2.05, 4.69) is 15.3 Å². The minimum Gasteiger partial charge on any atom is -0.355 e. The quantitative estimate of drug-likeness (QED) is 0.730. The lowest BCUT2D eigenvalue weighted by Crippen LogP contribution is -2.40. The van der Waals surface area contributed by atoms with E-state index in [-0.39, 0.29) is 34.8 Å². The third kappa shape index (κ3) is 5.46. The second-order valence-corrected chi connectivity index (χ2v) is 9.98. The van der Waals surface area contributed by atoms with Crippen molar-refractivity contribution in [1.29, 1.82) is 0 Å². The van der Waals surface area contributed by atoms with E-state index >= 15 is 0 Å². The number of sulfone groups is 1. The van der Waals surface area contributed by atoms with Crippen LogP contribution in [0.15, 0.2) is 35.4 Å². The lowest BCUT2D eigenvalue weighted by atomic mass is 9.96. The summed E-state index contributed by atoms with van der Waals surface area (Å²) >= 11 is 0. The van der Waals surface area contributed by atoms with Crippen LogP contribution < -0.4 is 5.32 Å². The Hall–Kier alpha value is -2.81. The van der Waals surface area contributed by atoms with Gasteiger partial charge in [0.05, 0.1) is 21.9 Å². The summed E-state index contributed by atoms with van der Waals surface area (Å²) in [5.41, 5.74) is 2.00. The van der Waals surface area contributed by atoms with Gasteiger partial charge in [-0.3, -0.25) is 9.59 Å². The van der Waals surface area contributed by atoms with E-state index in [0.717, 1.165) is 18.4 Å². The van der Waals surface area contributed by atoms with Crippen LogP contribution in [0.3, 0.4) is 0 Å². The fourth-order valence-corrected chi connectivity index (χ4v) is 4.93. The molecule has 3 rings (SSSR count). The van der Waals surface area contributed by atoms with E-state index in [1.807, 2.05) is 6.92 Å². The molecule has 0 saturated carbocycles. The number of carbonyl (C=O) groups excluding carboxylic acids is 2. The molecule has 1 aliphatic heterocycles. The van der Waals surface area contributed by atoms with Crippen LogP contribution in [0.25, 0.3) is 0 Å². The number of rotatable bonds is 6. The third-order valence-electron chi connectivity index (χ3n) is 5.57. The Labute approximate surface area is 183 Å². The van der Waals surface area contributed by atoms with E-state index in [1.54, 1.807) is 43.1 Å². The van der Waals surface area contributed by atoms with Gasteiger partial charge in [0.25, 0.3) is 5.91 Å². The zero-order valence-corrected chi connectivity index (χ0v) is 18.9. The van der Waals surface area contributed by atoms with Crippen LogP contribution in [0.5, 0.6) is 0 Å². The van der Waals surface area contributed by atoms with Crippen molar-refractivity contribution in [3.05, 3.63) is 53.1 Å². The molecule has 1 aliphatic rings. The number of hydrogen-bond acceptors (Lipinski definition) is 6. The molecule has 1 aromatic heterocycles. The summed E-state index contributed by atoms with van der Waals surface area (Å²) < 4.78 is 25.1. The first-order valence-electron chi connectivity index (χ1n) is 10.3. The van der Waals surface area contributed by atoms with Gasteiger partial charge in [-0.15, -0.1) is 0 Å². The molecule has 1 aromatic carbocycles. The highest BCUT2D eigenvalue weighted by Gasteiger charge is 2.28. The molecule has 31 heavy (non-hydrogen) atoms. The molecule has 1 atom stereocenters. The van der Waals surface area contributed by atoms with Crippen LogP contribution in [-0.4, -0.2) is 61.0 Å². The van der Waals surface area contributed by atoms with Crippen molar-refractivity contribution < 1.29 is 18.0 Å². The second kappa shape index (κ2) is 9.55. The lowest BCUT2D eigenvalue weighted by Gasteiger charge is -2.32. The first kappa shape index (κ1) is 22.9. The zero-order chi connectivity index (χ0) is 22.6. The van der Waals surface area contributed by atoms with Gasteiger partial charge in [0.1, 0.15) is 5.82 Å². The minimum atomic E-state index is -3.51. The Morgan fingerprint density at radius 3 is 2.55 bits per heavy atom. The highest BCUT2D eigenvalue weighted by atomic mass is 32.2. The van der Waals surface area contributed by atoms with E-state index in [0.29, 0.717) is 30.2 Å². The van der Waals surface area contributed by atoms with E-state index in [4.69, 9.17) is 0 Å². The van der Waals surface area contributed by atoms with Crippen LogP contribution in [0.1, 0.15) is 52.6 Å². The molecule has 2 aromatic rings. The number of aromatic nitrogens is 2. The van der Waals surface area contributed by atoms with Crippen molar-refractivity contribution in [2.45, 2.75) is 43.9 Å². The van der Waals surface area contributed by atoms with Crippen LogP contribution >= 0.6 is 0 Å². The smallest absolute Gasteiger partial charge is 0.254 e. The predicted octanol–water partition coefficient (Wildman–Crippen LogP) is 2.02. The number of carbonyl (C=O) groups is 2. The van der Waals surface area contributed by atoms with Crippen LogP contribution in [-0.2, 0) is 14.6 Å². The molecular weight excluding hydrogens is 416 g/mol. The molecule has 0 spiro atoms. The molecule has 2 heterocycles. The average Bonchev–Trinajstić information content (AvgIpc) is 2.77. The monoisotopic (exact) mass is 444 g/mol. The molecule has 2 amide bonds. The van der Waals surface area contributed by atoms with Gasteiger partial charge in [0.15, 0.2) is 9.84 Å². The van der Waals surface area contributed by atoms with Crippen molar-refractivity contribution in [1.82, 2.24) is 20.2 Å². The Balaban J connectivity index is 1.63. The summed E-state index contributed by atoms with van der Waals surface area (Å²) in [6, 6.07) is 6.66. The van der Waals surface area contributed by atoms with Crippen molar-refractivity contribution in [2.75, 3.05) is 25.9 Å². The molecule has 166 valence electrons. The Bertz CT molecular complexity index is 1070. The fourth-order valence-electron chi connectivity index (χ4n) is 3.70. The number of amides is 2. The standard InChI is InChI=1S/C22H28N4O4S/c1-15-6-8-18(9-7-15)31(29,30)12-10-20(27)26-11-4-5-17(14-26)21-24-13-19(16(2)25-21)22(28)23-3/h6-9,13,17H,4-5,10-12,14H2,1-3H3,(H,23,28). The van der Waals surface area contributed by atoms with Crippen molar-refractivity contribution in [2.24, 2.45) is 0 Å². The number of aryl methyl sites for hydroxylation is 2. The summed E-state index contributed by atoms with van der Waals surface area (Å²) in [6.07, 6.45) is 3.09. The molecule has 1 N–H and O–H groups in total. The maximum Gasteiger partial charge on any atom is 0.254 e. The van der Waals surface area contributed by atoms with E-state index in [1.165, 1.54) is 6.20 Å². The Morgan fingerprint density at radius 2 is 1.90 bits per heavy atom.